The van der Waals surface area contributed by atoms with Crippen molar-refractivity contribution in [3.63, 3.8) is 0 Å². The van der Waals surface area contributed by atoms with E-state index in [9.17, 15) is 0 Å². The van der Waals surface area contributed by atoms with Crippen LogP contribution in [0.2, 0.25) is 0 Å². The fourth-order valence-corrected chi connectivity index (χ4v) is 14.1. The van der Waals surface area contributed by atoms with E-state index in [-0.39, 0.29) is 6.17 Å². The summed E-state index contributed by atoms with van der Waals surface area (Å²) in [6.45, 7) is 4.68. The highest BCUT2D eigenvalue weighted by atomic mass is 16.0. The van der Waals surface area contributed by atoms with Gasteiger partial charge >= 0.3 is 0 Å². The van der Waals surface area contributed by atoms with Crippen LogP contribution in [0.15, 0.2) is 205 Å². The van der Waals surface area contributed by atoms with Crippen LogP contribution in [0.25, 0.3) is 43.8 Å². The molecule has 0 aromatic heterocycles. The van der Waals surface area contributed by atoms with Crippen LogP contribution in [-0.4, -0.2) is 17.3 Å². The van der Waals surface area contributed by atoms with Crippen molar-refractivity contribution < 1.29 is 0 Å². The van der Waals surface area contributed by atoms with Crippen molar-refractivity contribution in [2.24, 2.45) is 0 Å². The van der Waals surface area contributed by atoms with E-state index in [1.807, 2.05) is 0 Å². The number of quaternary nitrogens is 1. The van der Waals surface area contributed by atoms with Gasteiger partial charge in [-0.1, -0.05) is 153 Å². The van der Waals surface area contributed by atoms with Crippen molar-refractivity contribution in [1.29, 1.82) is 0 Å². The molecule has 0 radical (unpaired) electrons. The summed E-state index contributed by atoms with van der Waals surface area (Å²) in [6, 6.07) is 60.8. The molecule has 0 bridgehead atoms. The Kier molecular flexibility index (Phi) is 7.91. The second-order valence-corrected chi connectivity index (χ2v) is 19.6. The highest BCUT2D eigenvalue weighted by Crippen LogP contribution is 2.67. The fourth-order valence-electron chi connectivity index (χ4n) is 14.1. The first-order chi connectivity index (χ1) is 33.7. The third-order valence-corrected chi connectivity index (χ3v) is 16.6. The number of anilines is 5. The van der Waals surface area contributed by atoms with Gasteiger partial charge < -0.3 is 15.1 Å². The molecule has 1 spiro atoms. The van der Waals surface area contributed by atoms with E-state index in [0.717, 1.165) is 43.1 Å². The molecule has 4 aliphatic heterocycles. The Morgan fingerprint density at radius 3 is 2.01 bits per heavy atom. The van der Waals surface area contributed by atoms with Gasteiger partial charge in [0.2, 0.25) is 6.17 Å². The van der Waals surface area contributed by atoms with Gasteiger partial charge in [0.15, 0.2) is 17.1 Å². The largest absolute Gasteiger partial charge is 0.363 e. The molecular weight excluding hydrogens is 827 g/mol. The molecule has 5 nitrogen and oxygen atoms in total. The van der Waals surface area contributed by atoms with E-state index in [4.69, 9.17) is 0 Å². The summed E-state index contributed by atoms with van der Waals surface area (Å²) in [7, 11) is 0. The lowest BCUT2D eigenvalue weighted by molar-refractivity contribution is 0.330. The maximum Gasteiger partial charge on any atom is 0.240 e. The lowest BCUT2D eigenvalue weighted by Crippen LogP contribution is -2.42. The van der Waals surface area contributed by atoms with Crippen LogP contribution in [0.3, 0.4) is 0 Å². The van der Waals surface area contributed by atoms with Crippen LogP contribution in [-0.2, 0) is 5.41 Å². The molecule has 5 heteroatoms. The highest BCUT2D eigenvalue weighted by Gasteiger charge is 2.77. The summed E-state index contributed by atoms with van der Waals surface area (Å²) in [6.07, 6.45) is 18.8. The van der Waals surface area contributed by atoms with E-state index in [2.05, 4.69) is 222 Å². The van der Waals surface area contributed by atoms with Gasteiger partial charge in [0.05, 0.1) is 33.9 Å². The number of nitrogens with zero attached hydrogens (tertiary/aromatic N) is 4. The van der Waals surface area contributed by atoms with Crippen LogP contribution in [0.1, 0.15) is 74.6 Å². The Morgan fingerprint density at radius 1 is 0.574 bits per heavy atom. The lowest BCUT2D eigenvalue weighted by atomic mass is 9.64. The molecule has 3 aliphatic carbocycles. The average molecular weight is 879 g/mol. The van der Waals surface area contributed by atoms with E-state index in [0.29, 0.717) is 6.17 Å². The molecule has 1 saturated heterocycles. The SMILES string of the molecule is CCC1Nc2ccccc2N1c1cccc2c(-c3cccc4c3N(C3=CCCC=C3)c3ccccc3C43c4ccccc4-c4ccccc43)c3cccc([N+]45C6=C(C=CCC6)N4C5CC)c3cc12. The number of fused-ring (bicyclic) bond motifs is 15. The molecule has 328 valence electrons. The predicted molar refractivity (Wildman–Crippen MR) is 282 cm³/mol. The fraction of sp³-hybridized carbons (Fsp3) is 0.175. The zero-order valence-electron chi connectivity index (χ0n) is 38.6. The minimum atomic E-state index is -0.539. The molecule has 3 atom stereocenters. The summed E-state index contributed by atoms with van der Waals surface area (Å²) < 4.78 is 0.854. The molecule has 68 heavy (non-hydrogen) atoms. The van der Waals surface area contributed by atoms with Crippen molar-refractivity contribution in [1.82, 2.24) is 9.60 Å². The third-order valence-electron chi connectivity index (χ3n) is 16.6. The molecule has 0 saturated carbocycles. The van der Waals surface area contributed by atoms with Crippen molar-refractivity contribution >= 4 is 55.7 Å². The average Bonchev–Trinajstić information content (AvgIpc) is 3.62. The van der Waals surface area contributed by atoms with Crippen LogP contribution >= 0.6 is 0 Å². The van der Waals surface area contributed by atoms with Gasteiger partial charge in [-0.25, -0.2) is 0 Å². The summed E-state index contributed by atoms with van der Waals surface area (Å²) >= 11 is 0. The van der Waals surface area contributed by atoms with E-state index < -0.39 is 5.41 Å². The first-order valence-electron chi connectivity index (χ1n) is 25.0. The van der Waals surface area contributed by atoms with Crippen molar-refractivity contribution in [3.8, 4) is 22.3 Å². The lowest BCUT2D eigenvalue weighted by Gasteiger charge is -2.46. The second-order valence-electron chi connectivity index (χ2n) is 19.6. The smallest absolute Gasteiger partial charge is 0.240 e. The highest BCUT2D eigenvalue weighted by molar-refractivity contribution is 6.21. The van der Waals surface area contributed by atoms with Gasteiger partial charge in [0.1, 0.15) is 6.17 Å². The predicted octanol–water partition coefficient (Wildman–Crippen LogP) is 15.9. The van der Waals surface area contributed by atoms with Gasteiger partial charge in [-0.05, 0) is 118 Å². The molecule has 8 aromatic carbocycles. The summed E-state index contributed by atoms with van der Waals surface area (Å²) in [5.41, 5.74) is 21.8. The molecule has 4 heterocycles. The molecule has 7 aliphatic rings. The number of hydrogen-bond donors (Lipinski definition) is 1. The van der Waals surface area contributed by atoms with E-state index in [1.54, 1.807) is 5.70 Å². The molecule has 1 N–H and O–H groups in total. The summed E-state index contributed by atoms with van der Waals surface area (Å²) in [4.78, 5) is 5.22. The number of benzene rings is 8. The number of allylic oxidation sites excluding steroid dienone is 6. The van der Waals surface area contributed by atoms with Gasteiger partial charge in [-0.3, -0.25) is 0 Å². The van der Waals surface area contributed by atoms with Crippen molar-refractivity contribution in [2.75, 3.05) is 15.1 Å². The second kappa shape index (κ2) is 14.0. The Balaban J connectivity index is 1.10. The van der Waals surface area contributed by atoms with Crippen LogP contribution < -0.4 is 19.7 Å². The Bertz CT molecular complexity index is 3600. The maximum absolute atomic E-state index is 3.91. The molecule has 1 fully saturated rings. The van der Waals surface area contributed by atoms with Gasteiger partial charge in [0.25, 0.3) is 0 Å². The minimum absolute atomic E-state index is 0.127. The number of hydrogen-bond acceptors (Lipinski definition) is 4. The van der Waals surface area contributed by atoms with Gasteiger partial charge in [-0.15, -0.1) is 9.60 Å². The Hall–Kier alpha value is -7.60. The Morgan fingerprint density at radius 2 is 1.24 bits per heavy atom. The van der Waals surface area contributed by atoms with Crippen molar-refractivity contribution in [2.45, 2.75) is 70.1 Å². The molecular formula is C63H52N5+. The molecule has 3 unspecified atom stereocenters. The normalized spacial score (nSPS) is 21.7. The number of nitrogens with one attached hydrogen (secondary N) is 1. The first-order valence-corrected chi connectivity index (χ1v) is 25.0. The quantitative estimate of drug-likeness (QED) is 0.102. The number of para-hydroxylation sites is 4. The van der Waals surface area contributed by atoms with Crippen LogP contribution in [0, 0.1) is 0 Å². The topological polar surface area (TPSA) is 21.5 Å². The molecule has 0 amide bonds. The molecule has 8 aromatic rings. The van der Waals surface area contributed by atoms with Crippen LogP contribution in [0.5, 0.6) is 0 Å². The first kappa shape index (κ1) is 38.5. The summed E-state index contributed by atoms with van der Waals surface area (Å²) in [5, 5.41) is 11.8. The molecule has 15 rings (SSSR count). The van der Waals surface area contributed by atoms with Crippen molar-refractivity contribution in [3.05, 3.63) is 227 Å². The third kappa shape index (κ3) is 4.65. The van der Waals surface area contributed by atoms with E-state index in [1.165, 1.54) is 112 Å². The standard InChI is InChI=1S/C63H52N5/c1-3-59-64-52-32-13-15-34-55(52)66(59)53-36-19-25-43-46(53)39-47-44(26-20-38-57(47)68-58-37-17-16-35-56(58)67(68)60(68)4-2)61(43)45-27-18-31-51-62(45)65(40-21-6-5-7-22-40)54-33-14-12-30-50(54)63(51)48-28-10-8-23-41(48)42-24-9-11-29-49(42)63/h6,8-16,18-36,38-39,59-60,64H,3-5,7,17,37H2,1-2H3/q+1. The zero-order valence-corrected chi connectivity index (χ0v) is 38.6. The zero-order chi connectivity index (χ0) is 44.9. The van der Waals surface area contributed by atoms with Gasteiger partial charge in [-0.2, -0.15) is 0 Å². The minimum Gasteiger partial charge on any atom is -0.363 e. The Labute approximate surface area is 398 Å². The monoisotopic (exact) mass is 878 g/mol. The maximum atomic E-state index is 3.91. The van der Waals surface area contributed by atoms with E-state index >= 15 is 0 Å². The number of rotatable bonds is 6. The van der Waals surface area contributed by atoms with Gasteiger partial charge in [0, 0.05) is 40.9 Å². The summed E-state index contributed by atoms with van der Waals surface area (Å²) in [5.74, 6) is 0. The van der Waals surface area contributed by atoms with Crippen LogP contribution in [0.4, 0.5) is 34.1 Å².